The van der Waals surface area contributed by atoms with E-state index >= 15 is 0 Å². The van der Waals surface area contributed by atoms with E-state index in [0.717, 1.165) is 5.56 Å². The molecule has 1 aliphatic rings. The smallest absolute Gasteiger partial charge is 0.166 e. The monoisotopic (exact) mass is 468 g/mol. The molecule has 0 heterocycles. The summed E-state index contributed by atoms with van der Waals surface area (Å²) in [6.45, 7) is 13.2. The van der Waals surface area contributed by atoms with Crippen molar-refractivity contribution in [3.8, 4) is 11.1 Å². The Kier molecular flexibility index (Phi) is 10.1. The standard InChI is InChI=1S/C27H27F3O2.C2H4/c1-17(16-25(28)18(2)32-3)4-5-19-6-8-20(9-7-19)23-14-15-24(27(30)26(23)29)21-10-12-22(31)13-11-21;1-2/h4-9,14-16,21-22,31H,1-2,10-13H2,3H3;1-2H2/b5-4+,25-16+;. The van der Waals surface area contributed by atoms with Crippen molar-refractivity contribution in [3.63, 3.8) is 0 Å². The molecule has 180 valence electrons. The lowest BCUT2D eigenvalue weighted by Crippen LogP contribution is -2.18. The summed E-state index contributed by atoms with van der Waals surface area (Å²) in [7, 11) is 1.33. The van der Waals surface area contributed by atoms with E-state index in [-0.39, 0.29) is 23.3 Å². The number of aliphatic hydroxyl groups excluding tert-OH is 1. The Morgan fingerprint density at radius 1 is 0.971 bits per heavy atom. The van der Waals surface area contributed by atoms with E-state index in [1.165, 1.54) is 13.2 Å². The van der Waals surface area contributed by atoms with Crippen LogP contribution in [-0.4, -0.2) is 18.3 Å². The third kappa shape index (κ3) is 6.84. The van der Waals surface area contributed by atoms with Crippen LogP contribution in [-0.2, 0) is 4.74 Å². The summed E-state index contributed by atoms with van der Waals surface area (Å²) in [6, 6.07) is 10.2. The fourth-order valence-electron chi connectivity index (χ4n) is 3.86. The third-order valence-corrected chi connectivity index (χ3v) is 5.79. The Morgan fingerprint density at radius 2 is 1.59 bits per heavy atom. The molecule has 0 saturated heterocycles. The van der Waals surface area contributed by atoms with Crippen LogP contribution in [0.2, 0.25) is 0 Å². The van der Waals surface area contributed by atoms with E-state index in [1.807, 2.05) is 0 Å². The van der Waals surface area contributed by atoms with Crippen molar-refractivity contribution < 1.29 is 23.0 Å². The number of rotatable bonds is 7. The van der Waals surface area contributed by atoms with Gasteiger partial charge in [0.15, 0.2) is 17.5 Å². The van der Waals surface area contributed by atoms with Crippen LogP contribution in [0.4, 0.5) is 13.2 Å². The van der Waals surface area contributed by atoms with Crippen LogP contribution in [0.1, 0.15) is 42.7 Å². The minimum Gasteiger partial charge on any atom is -0.494 e. The molecule has 34 heavy (non-hydrogen) atoms. The molecule has 2 nitrogen and oxygen atoms in total. The second-order valence-electron chi connectivity index (χ2n) is 7.99. The summed E-state index contributed by atoms with van der Waals surface area (Å²) in [5.41, 5.74) is 2.36. The van der Waals surface area contributed by atoms with E-state index in [9.17, 15) is 18.3 Å². The van der Waals surface area contributed by atoms with E-state index in [0.29, 0.717) is 42.4 Å². The number of hydrogen-bond acceptors (Lipinski definition) is 2. The van der Waals surface area contributed by atoms with Crippen LogP contribution in [0.15, 0.2) is 92.0 Å². The first-order valence-corrected chi connectivity index (χ1v) is 11.0. The number of ether oxygens (including phenoxy) is 1. The summed E-state index contributed by atoms with van der Waals surface area (Å²) in [4.78, 5) is 0. The molecular formula is C29H31F3O2. The van der Waals surface area contributed by atoms with Gasteiger partial charge in [-0.3, -0.25) is 0 Å². The number of benzene rings is 2. The van der Waals surface area contributed by atoms with Crippen LogP contribution in [0.5, 0.6) is 0 Å². The zero-order valence-electron chi connectivity index (χ0n) is 19.5. The minimum atomic E-state index is -0.857. The van der Waals surface area contributed by atoms with E-state index in [1.54, 1.807) is 48.6 Å². The number of hydrogen-bond donors (Lipinski definition) is 1. The first kappa shape index (κ1) is 26.9. The van der Waals surface area contributed by atoms with E-state index in [2.05, 4.69) is 26.3 Å². The van der Waals surface area contributed by atoms with Gasteiger partial charge in [0.2, 0.25) is 0 Å². The van der Waals surface area contributed by atoms with Crippen LogP contribution < -0.4 is 0 Å². The summed E-state index contributed by atoms with van der Waals surface area (Å²) >= 11 is 0. The molecule has 2 aromatic carbocycles. The van der Waals surface area contributed by atoms with Gasteiger partial charge < -0.3 is 9.84 Å². The molecule has 1 aliphatic carbocycles. The van der Waals surface area contributed by atoms with E-state index < -0.39 is 17.5 Å². The molecule has 1 saturated carbocycles. The lowest BCUT2D eigenvalue weighted by molar-refractivity contribution is 0.122. The molecule has 0 spiro atoms. The minimum absolute atomic E-state index is 0.0671. The van der Waals surface area contributed by atoms with Gasteiger partial charge in [-0.15, -0.1) is 13.2 Å². The normalized spacial score (nSPS) is 18.2. The molecular weight excluding hydrogens is 437 g/mol. The molecule has 5 heteroatoms. The lowest BCUT2D eigenvalue weighted by Gasteiger charge is -2.26. The molecule has 0 atom stereocenters. The highest BCUT2D eigenvalue weighted by atomic mass is 19.2. The molecule has 3 rings (SSSR count). The van der Waals surface area contributed by atoms with Gasteiger partial charge in [0.25, 0.3) is 0 Å². The maximum atomic E-state index is 14.8. The SMILES string of the molecule is C=C.C=C(/C=C/c1ccc(-c2ccc(C3CCC(O)CC3)c(F)c2F)cc1)/C=C(/F)C(=C)OC. The zero-order chi connectivity index (χ0) is 25.3. The van der Waals surface area contributed by atoms with Crippen LogP contribution in [0.25, 0.3) is 17.2 Å². The second-order valence-corrected chi connectivity index (χ2v) is 7.99. The Hall–Kier alpha value is -3.31. The Balaban J connectivity index is 0.00000199. The molecule has 0 bridgehead atoms. The largest absolute Gasteiger partial charge is 0.494 e. The summed E-state index contributed by atoms with van der Waals surface area (Å²) in [6.07, 6.45) is 6.77. The molecule has 0 radical (unpaired) electrons. The molecule has 0 aromatic heterocycles. The van der Waals surface area contributed by atoms with Gasteiger partial charge in [-0.25, -0.2) is 13.2 Å². The average Bonchev–Trinajstić information content (AvgIpc) is 2.86. The third-order valence-electron chi connectivity index (χ3n) is 5.79. The molecule has 1 fully saturated rings. The van der Waals surface area contributed by atoms with Crippen molar-refractivity contribution in [1.82, 2.24) is 0 Å². The quantitative estimate of drug-likeness (QED) is 0.253. The predicted octanol–water partition coefficient (Wildman–Crippen LogP) is 8.04. The number of allylic oxidation sites excluding steroid dienone is 4. The van der Waals surface area contributed by atoms with Crippen LogP contribution in [0.3, 0.4) is 0 Å². The van der Waals surface area contributed by atoms with Crippen molar-refractivity contribution in [2.75, 3.05) is 7.11 Å². The van der Waals surface area contributed by atoms with Crippen LogP contribution in [0, 0.1) is 11.6 Å². The van der Waals surface area contributed by atoms with Gasteiger partial charge in [-0.05, 0) is 59.9 Å². The lowest BCUT2D eigenvalue weighted by atomic mass is 9.82. The van der Waals surface area contributed by atoms with Gasteiger partial charge in [0.1, 0.15) is 5.76 Å². The summed E-state index contributed by atoms with van der Waals surface area (Å²) in [5.74, 6) is -2.42. The van der Waals surface area contributed by atoms with Crippen molar-refractivity contribution in [2.45, 2.75) is 37.7 Å². The molecule has 0 aliphatic heterocycles. The van der Waals surface area contributed by atoms with Gasteiger partial charge in [-0.1, -0.05) is 61.7 Å². The number of aliphatic hydroxyl groups is 1. The molecule has 2 aromatic rings. The fraction of sp³-hybridized carbons (Fsp3) is 0.241. The molecule has 0 amide bonds. The topological polar surface area (TPSA) is 29.5 Å². The highest BCUT2D eigenvalue weighted by Crippen LogP contribution is 2.37. The van der Waals surface area contributed by atoms with Crippen LogP contribution >= 0.6 is 0 Å². The maximum absolute atomic E-state index is 14.8. The highest BCUT2D eigenvalue weighted by molar-refractivity contribution is 5.67. The Labute approximate surface area is 200 Å². The van der Waals surface area contributed by atoms with Crippen molar-refractivity contribution in [3.05, 3.63) is 115 Å². The van der Waals surface area contributed by atoms with Gasteiger partial charge in [0, 0.05) is 5.56 Å². The Morgan fingerprint density at radius 3 is 2.18 bits per heavy atom. The van der Waals surface area contributed by atoms with Crippen molar-refractivity contribution in [1.29, 1.82) is 0 Å². The summed E-state index contributed by atoms with van der Waals surface area (Å²) < 4.78 is 48.1. The first-order chi connectivity index (χ1) is 16.3. The number of methoxy groups -OCH3 is 1. The summed E-state index contributed by atoms with van der Waals surface area (Å²) in [5, 5.41) is 9.65. The predicted molar refractivity (Wildman–Crippen MR) is 134 cm³/mol. The second kappa shape index (κ2) is 12.8. The fourth-order valence-corrected chi connectivity index (χ4v) is 3.86. The Bertz CT molecular complexity index is 1060. The molecule has 0 unspecified atom stereocenters. The van der Waals surface area contributed by atoms with Gasteiger partial charge in [-0.2, -0.15) is 0 Å². The van der Waals surface area contributed by atoms with E-state index in [4.69, 9.17) is 4.74 Å². The average molecular weight is 469 g/mol. The van der Waals surface area contributed by atoms with Gasteiger partial charge >= 0.3 is 0 Å². The van der Waals surface area contributed by atoms with Gasteiger partial charge in [0.05, 0.1) is 13.2 Å². The van der Waals surface area contributed by atoms with Crippen molar-refractivity contribution in [2.24, 2.45) is 0 Å². The maximum Gasteiger partial charge on any atom is 0.166 e. The zero-order valence-corrected chi connectivity index (χ0v) is 19.5. The molecule has 1 N–H and O–H groups in total. The number of halogens is 3. The first-order valence-electron chi connectivity index (χ1n) is 11.0. The van der Waals surface area contributed by atoms with Crippen molar-refractivity contribution >= 4 is 6.08 Å². The highest BCUT2D eigenvalue weighted by Gasteiger charge is 2.25.